The molecule has 168 valence electrons. The van der Waals surface area contributed by atoms with Gasteiger partial charge in [-0.15, -0.1) is 0 Å². The zero-order valence-electron chi connectivity index (χ0n) is 18.7. The van der Waals surface area contributed by atoms with Crippen LogP contribution in [-0.4, -0.2) is 74.1 Å². The molecule has 1 aliphatic rings. The molecule has 0 spiro atoms. The van der Waals surface area contributed by atoms with Crippen molar-refractivity contribution in [2.75, 3.05) is 51.4 Å². The van der Waals surface area contributed by atoms with Gasteiger partial charge in [0.25, 0.3) is 0 Å². The number of ether oxygens (including phenoxy) is 3. The minimum atomic E-state index is -0.491. The van der Waals surface area contributed by atoms with Gasteiger partial charge in [-0.25, -0.2) is 14.6 Å². The summed E-state index contributed by atoms with van der Waals surface area (Å²) < 4.78 is 15.6. The van der Waals surface area contributed by atoms with Gasteiger partial charge < -0.3 is 24.0 Å². The molecule has 0 bridgehead atoms. The molecule has 8 nitrogen and oxygen atoms in total. The fraction of sp³-hybridized carbons (Fsp3) is 0.522. The second kappa shape index (κ2) is 9.96. The Morgan fingerprint density at radius 2 is 1.77 bits per heavy atom. The van der Waals surface area contributed by atoms with Crippen LogP contribution in [-0.2, 0) is 14.2 Å². The van der Waals surface area contributed by atoms with Crippen LogP contribution in [0.15, 0.2) is 30.5 Å². The molecule has 1 saturated heterocycles. The highest BCUT2D eigenvalue weighted by atomic mass is 16.6. The van der Waals surface area contributed by atoms with Crippen LogP contribution < -0.4 is 4.90 Å². The molecule has 1 aliphatic heterocycles. The molecule has 2 aromatic rings. The largest absolute Gasteiger partial charge is 0.461 e. The average Bonchev–Trinajstić information content (AvgIpc) is 2.75. The molecule has 31 heavy (non-hydrogen) atoms. The third-order valence-corrected chi connectivity index (χ3v) is 4.94. The zero-order valence-corrected chi connectivity index (χ0v) is 18.7. The molecule has 8 heteroatoms. The van der Waals surface area contributed by atoms with E-state index in [1.54, 1.807) is 24.3 Å². The Kier molecular flexibility index (Phi) is 7.33. The highest BCUT2D eigenvalue weighted by Gasteiger charge is 2.26. The van der Waals surface area contributed by atoms with Crippen LogP contribution in [0.4, 0.5) is 10.5 Å². The first kappa shape index (κ1) is 22.8. The van der Waals surface area contributed by atoms with Crippen LogP contribution in [0.2, 0.25) is 0 Å². The van der Waals surface area contributed by atoms with Crippen molar-refractivity contribution in [1.29, 1.82) is 0 Å². The standard InChI is InChI=1S/C23H31N3O5/c1-23(2,3)31-22(28)26-10-8-25(9-11-26)19-7-6-17-15-20(24-16-18(17)14-19)21(27)30-13-5-12-29-4/h6-7,14-16H,5,8-13H2,1-4H3. The van der Waals surface area contributed by atoms with Crippen molar-refractivity contribution in [3.8, 4) is 0 Å². The Bertz CT molecular complexity index is 917. The van der Waals surface area contributed by atoms with Crippen LogP contribution in [0.25, 0.3) is 10.8 Å². The van der Waals surface area contributed by atoms with Gasteiger partial charge in [0.2, 0.25) is 0 Å². The first-order valence-corrected chi connectivity index (χ1v) is 10.6. The predicted molar refractivity (Wildman–Crippen MR) is 119 cm³/mol. The van der Waals surface area contributed by atoms with E-state index in [2.05, 4.69) is 16.0 Å². The van der Waals surface area contributed by atoms with Gasteiger partial charge in [-0.3, -0.25) is 0 Å². The fourth-order valence-corrected chi connectivity index (χ4v) is 3.35. The van der Waals surface area contributed by atoms with Crippen molar-refractivity contribution in [2.24, 2.45) is 0 Å². The van der Waals surface area contributed by atoms with E-state index in [0.29, 0.717) is 38.4 Å². The average molecular weight is 430 g/mol. The van der Waals surface area contributed by atoms with Crippen LogP contribution in [0, 0.1) is 0 Å². The van der Waals surface area contributed by atoms with Crippen LogP contribution in [0.3, 0.4) is 0 Å². The Labute approximate surface area is 183 Å². The number of nitrogens with zero attached hydrogens (tertiary/aromatic N) is 3. The van der Waals surface area contributed by atoms with E-state index in [9.17, 15) is 9.59 Å². The molecule has 0 saturated carbocycles. The Morgan fingerprint density at radius 3 is 2.45 bits per heavy atom. The van der Waals surface area contributed by atoms with E-state index in [1.807, 2.05) is 32.9 Å². The van der Waals surface area contributed by atoms with Gasteiger partial charge in [0.1, 0.15) is 11.3 Å². The maximum atomic E-state index is 12.2. The summed E-state index contributed by atoms with van der Waals surface area (Å²) in [7, 11) is 1.61. The molecule has 1 fully saturated rings. The van der Waals surface area contributed by atoms with Crippen LogP contribution in [0.5, 0.6) is 0 Å². The molecular weight excluding hydrogens is 398 g/mol. The second-order valence-electron chi connectivity index (χ2n) is 8.54. The second-order valence-corrected chi connectivity index (χ2v) is 8.54. The van der Waals surface area contributed by atoms with Crippen molar-refractivity contribution >= 4 is 28.5 Å². The molecule has 0 unspecified atom stereocenters. The lowest BCUT2D eigenvalue weighted by molar-refractivity contribution is 0.0240. The number of carbonyl (C=O) groups excluding carboxylic acids is 2. The molecule has 3 rings (SSSR count). The number of pyridine rings is 1. The zero-order chi connectivity index (χ0) is 22.4. The monoisotopic (exact) mass is 429 g/mol. The number of carbonyl (C=O) groups is 2. The first-order valence-electron chi connectivity index (χ1n) is 10.6. The number of hydrogen-bond acceptors (Lipinski definition) is 7. The summed E-state index contributed by atoms with van der Waals surface area (Å²) in [4.78, 5) is 32.7. The molecule has 0 atom stereocenters. The predicted octanol–water partition coefficient (Wildman–Crippen LogP) is 3.49. The van der Waals surface area contributed by atoms with E-state index in [-0.39, 0.29) is 6.09 Å². The van der Waals surface area contributed by atoms with Gasteiger partial charge >= 0.3 is 12.1 Å². The van der Waals surface area contributed by atoms with Crippen LogP contribution >= 0.6 is 0 Å². The van der Waals surface area contributed by atoms with Crippen molar-refractivity contribution < 1.29 is 23.8 Å². The van der Waals surface area contributed by atoms with Gasteiger partial charge in [-0.05, 0) is 44.4 Å². The van der Waals surface area contributed by atoms with Crippen molar-refractivity contribution in [2.45, 2.75) is 32.8 Å². The topological polar surface area (TPSA) is 81.2 Å². The van der Waals surface area contributed by atoms with Gasteiger partial charge in [0.05, 0.1) is 6.61 Å². The quantitative estimate of drug-likeness (QED) is 0.514. The maximum absolute atomic E-state index is 12.2. The van der Waals surface area contributed by atoms with E-state index < -0.39 is 11.6 Å². The first-order chi connectivity index (χ1) is 14.8. The third kappa shape index (κ3) is 6.30. The maximum Gasteiger partial charge on any atom is 0.410 e. The molecule has 1 aromatic carbocycles. The lowest BCUT2D eigenvalue weighted by atomic mass is 10.1. The molecule has 2 heterocycles. The Balaban J connectivity index is 1.60. The Hall–Kier alpha value is -2.87. The summed E-state index contributed by atoms with van der Waals surface area (Å²) in [5.41, 5.74) is 0.867. The normalized spacial score (nSPS) is 14.6. The number of fused-ring (bicyclic) bond motifs is 1. The van der Waals surface area contributed by atoms with Gasteiger partial charge in [-0.2, -0.15) is 0 Å². The molecule has 0 N–H and O–H groups in total. The van der Waals surface area contributed by atoms with Gasteiger partial charge in [-0.1, -0.05) is 6.07 Å². The minimum absolute atomic E-state index is 0.267. The summed E-state index contributed by atoms with van der Waals surface area (Å²) in [6.45, 7) is 9.14. The number of benzene rings is 1. The molecule has 1 amide bonds. The number of rotatable bonds is 6. The Morgan fingerprint density at radius 1 is 1.03 bits per heavy atom. The van der Waals surface area contributed by atoms with Crippen molar-refractivity contribution in [3.05, 3.63) is 36.2 Å². The fourth-order valence-electron chi connectivity index (χ4n) is 3.35. The minimum Gasteiger partial charge on any atom is -0.461 e. The summed E-state index contributed by atoms with van der Waals surface area (Å²) in [5, 5.41) is 1.87. The van der Waals surface area contributed by atoms with E-state index in [4.69, 9.17) is 14.2 Å². The van der Waals surface area contributed by atoms with E-state index in [1.165, 1.54) is 0 Å². The summed E-state index contributed by atoms with van der Waals surface area (Å²) in [6, 6.07) is 7.81. The summed E-state index contributed by atoms with van der Waals surface area (Å²) in [5.74, 6) is -0.430. The van der Waals surface area contributed by atoms with E-state index in [0.717, 1.165) is 29.5 Å². The SMILES string of the molecule is COCCCOC(=O)c1cc2ccc(N3CCN(C(=O)OC(C)(C)C)CC3)cc2cn1. The number of piperazine rings is 1. The van der Waals surface area contributed by atoms with Gasteiger partial charge in [0, 0.05) is 63.6 Å². The van der Waals surface area contributed by atoms with Crippen molar-refractivity contribution in [1.82, 2.24) is 9.88 Å². The molecule has 0 radical (unpaired) electrons. The number of aromatic nitrogens is 1. The number of hydrogen-bond donors (Lipinski definition) is 0. The smallest absolute Gasteiger partial charge is 0.410 e. The highest BCUT2D eigenvalue weighted by Crippen LogP contribution is 2.24. The van der Waals surface area contributed by atoms with E-state index >= 15 is 0 Å². The number of methoxy groups -OCH3 is 1. The summed E-state index contributed by atoms with van der Waals surface area (Å²) >= 11 is 0. The summed E-state index contributed by atoms with van der Waals surface area (Å²) in [6.07, 6.45) is 2.08. The van der Waals surface area contributed by atoms with Crippen molar-refractivity contribution in [3.63, 3.8) is 0 Å². The number of anilines is 1. The van der Waals surface area contributed by atoms with Crippen LogP contribution in [0.1, 0.15) is 37.7 Å². The molecule has 1 aromatic heterocycles. The van der Waals surface area contributed by atoms with Gasteiger partial charge in [0.15, 0.2) is 0 Å². The number of esters is 1. The number of amides is 1. The lowest BCUT2D eigenvalue weighted by Crippen LogP contribution is -2.50. The third-order valence-electron chi connectivity index (χ3n) is 4.94. The molecular formula is C23H31N3O5. The highest BCUT2D eigenvalue weighted by molar-refractivity contribution is 5.94. The molecule has 0 aliphatic carbocycles. The lowest BCUT2D eigenvalue weighted by Gasteiger charge is -2.36.